The zero-order valence-corrected chi connectivity index (χ0v) is 14.8. The molecule has 0 saturated carbocycles. The number of methoxy groups -OCH3 is 1. The number of rotatable bonds is 3. The summed E-state index contributed by atoms with van der Waals surface area (Å²) < 4.78 is 5.49. The topological polar surface area (TPSA) is 25.0 Å². The number of hydrogen-bond donors (Lipinski definition) is 1. The summed E-state index contributed by atoms with van der Waals surface area (Å²) in [5.41, 5.74) is 7.17. The van der Waals surface area contributed by atoms with Crippen molar-refractivity contribution in [2.45, 2.75) is 13.8 Å². The third-order valence-electron chi connectivity index (χ3n) is 4.77. The van der Waals surface area contributed by atoms with Crippen LogP contribution in [-0.4, -0.2) is 12.1 Å². The molecule has 0 unspecified atom stereocenters. The normalized spacial score (nSPS) is 11.0. The van der Waals surface area contributed by atoms with Gasteiger partial charge in [0.25, 0.3) is 0 Å². The molecule has 1 N–H and O–H groups in total. The summed E-state index contributed by atoms with van der Waals surface area (Å²) >= 11 is 0. The lowest BCUT2D eigenvalue weighted by Gasteiger charge is -2.09. The first-order chi connectivity index (χ1) is 12.2. The molecule has 0 bridgehead atoms. The highest BCUT2D eigenvalue weighted by Crippen LogP contribution is 2.32. The van der Waals surface area contributed by atoms with Gasteiger partial charge in [-0.15, -0.1) is 0 Å². The van der Waals surface area contributed by atoms with E-state index < -0.39 is 0 Å². The van der Waals surface area contributed by atoms with Crippen LogP contribution in [0.4, 0.5) is 0 Å². The molecule has 0 atom stereocenters. The standard InChI is InChI=1S/C23H21NO/c1-15-4-7-17(8-5-15)21-11-12-22(24-21)18-9-10-19-20(14-18)16(2)6-13-23(19)25-3/h4-14,24H,1-3H3. The molecule has 25 heavy (non-hydrogen) atoms. The molecule has 124 valence electrons. The lowest BCUT2D eigenvalue weighted by atomic mass is 10.0. The summed E-state index contributed by atoms with van der Waals surface area (Å²) in [4.78, 5) is 3.55. The van der Waals surface area contributed by atoms with Crippen LogP contribution in [0, 0.1) is 13.8 Å². The predicted molar refractivity (Wildman–Crippen MR) is 105 cm³/mol. The van der Waals surface area contributed by atoms with Crippen LogP contribution < -0.4 is 4.74 Å². The molecule has 0 radical (unpaired) electrons. The Labute approximate surface area is 148 Å². The van der Waals surface area contributed by atoms with E-state index in [0.717, 1.165) is 22.5 Å². The molecule has 2 nitrogen and oxygen atoms in total. The monoisotopic (exact) mass is 327 g/mol. The Balaban J connectivity index is 1.77. The molecule has 4 aromatic rings. The van der Waals surface area contributed by atoms with Crippen LogP contribution in [-0.2, 0) is 0 Å². The van der Waals surface area contributed by atoms with Gasteiger partial charge in [0, 0.05) is 16.8 Å². The van der Waals surface area contributed by atoms with E-state index in [-0.39, 0.29) is 0 Å². The Morgan fingerprint density at radius 3 is 2.08 bits per heavy atom. The van der Waals surface area contributed by atoms with Crippen molar-refractivity contribution in [2.24, 2.45) is 0 Å². The Kier molecular flexibility index (Phi) is 3.81. The lowest BCUT2D eigenvalue weighted by molar-refractivity contribution is 0.420. The highest BCUT2D eigenvalue weighted by atomic mass is 16.5. The van der Waals surface area contributed by atoms with Gasteiger partial charge in [-0.1, -0.05) is 42.0 Å². The first-order valence-corrected chi connectivity index (χ1v) is 8.49. The third kappa shape index (κ3) is 2.80. The maximum absolute atomic E-state index is 5.49. The third-order valence-corrected chi connectivity index (χ3v) is 4.77. The van der Waals surface area contributed by atoms with Crippen molar-refractivity contribution in [3.05, 3.63) is 77.9 Å². The number of aromatic amines is 1. The van der Waals surface area contributed by atoms with Crippen molar-refractivity contribution in [1.29, 1.82) is 0 Å². The van der Waals surface area contributed by atoms with Gasteiger partial charge in [-0.25, -0.2) is 0 Å². The fourth-order valence-electron chi connectivity index (χ4n) is 3.28. The van der Waals surface area contributed by atoms with Crippen molar-refractivity contribution in [1.82, 2.24) is 4.98 Å². The smallest absolute Gasteiger partial charge is 0.126 e. The Morgan fingerprint density at radius 1 is 0.680 bits per heavy atom. The van der Waals surface area contributed by atoms with Crippen molar-refractivity contribution < 1.29 is 4.74 Å². The second-order valence-corrected chi connectivity index (χ2v) is 6.50. The molecular formula is C23H21NO. The maximum Gasteiger partial charge on any atom is 0.126 e. The van der Waals surface area contributed by atoms with Crippen LogP contribution in [0.2, 0.25) is 0 Å². The van der Waals surface area contributed by atoms with Crippen LogP contribution >= 0.6 is 0 Å². The zero-order chi connectivity index (χ0) is 17.4. The Bertz CT molecular complexity index is 1040. The molecule has 0 aliphatic carbocycles. The molecule has 3 aromatic carbocycles. The van der Waals surface area contributed by atoms with E-state index in [4.69, 9.17) is 4.74 Å². The van der Waals surface area contributed by atoms with E-state index in [9.17, 15) is 0 Å². The summed E-state index contributed by atoms with van der Waals surface area (Å²) in [7, 11) is 1.72. The SMILES string of the molecule is COc1ccc(C)c2cc(-c3ccc(-c4ccc(C)cc4)[nH]3)ccc12. The minimum atomic E-state index is 0.916. The minimum absolute atomic E-state index is 0.916. The summed E-state index contributed by atoms with van der Waals surface area (Å²) in [6.45, 7) is 4.24. The average molecular weight is 327 g/mol. The molecular weight excluding hydrogens is 306 g/mol. The number of hydrogen-bond acceptors (Lipinski definition) is 1. The summed E-state index contributed by atoms with van der Waals surface area (Å²) in [5, 5.41) is 2.37. The van der Waals surface area contributed by atoms with Crippen LogP contribution in [0.25, 0.3) is 33.3 Å². The first kappa shape index (κ1) is 15.5. The average Bonchev–Trinajstić information content (AvgIpc) is 3.13. The fraction of sp³-hybridized carbons (Fsp3) is 0.130. The quantitative estimate of drug-likeness (QED) is 0.481. The molecule has 1 aromatic heterocycles. The Morgan fingerprint density at radius 2 is 1.36 bits per heavy atom. The summed E-state index contributed by atoms with van der Waals surface area (Å²) in [5.74, 6) is 0.916. The van der Waals surface area contributed by atoms with Crippen LogP contribution in [0.5, 0.6) is 5.75 Å². The molecule has 0 saturated heterocycles. The van der Waals surface area contributed by atoms with E-state index in [1.165, 1.54) is 27.6 Å². The maximum atomic E-state index is 5.49. The van der Waals surface area contributed by atoms with Crippen LogP contribution in [0.15, 0.2) is 66.7 Å². The highest BCUT2D eigenvalue weighted by Gasteiger charge is 2.08. The highest BCUT2D eigenvalue weighted by molar-refractivity contribution is 5.94. The van der Waals surface area contributed by atoms with Gasteiger partial charge in [0.15, 0.2) is 0 Å². The van der Waals surface area contributed by atoms with E-state index in [2.05, 4.69) is 79.5 Å². The molecule has 0 fully saturated rings. The lowest BCUT2D eigenvalue weighted by Crippen LogP contribution is -1.88. The molecule has 0 amide bonds. The van der Waals surface area contributed by atoms with Crippen LogP contribution in [0.3, 0.4) is 0 Å². The van der Waals surface area contributed by atoms with Gasteiger partial charge in [0.05, 0.1) is 7.11 Å². The predicted octanol–water partition coefficient (Wildman–Crippen LogP) is 6.13. The summed E-state index contributed by atoms with van der Waals surface area (Å²) in [6.07, 6.45) is 0. The Hall–Kier alpha value is -3.00. The molecule has 0 aliphatic rings. The van der Waals surface area contributed by atoms with Crippen molar-refractivity contribution >= 4 is 10.8 Å². The summed E-state index contributed by atoms with van der Waals surface area (Å²) in [6, 6.07) is 23.5. The second kappa shape index (κ2) is 6.14. The van der Waals surface area contributed by atoms with E-state index >= 15 is 0 Å². The number of H-pyrrole nitrogens is 1. The van der Waals surface area contributed by atoms with Crippen molar-refractivity contribution in [3.8, 4) is 28.3 Å². The fourth-order valence-corrected chi connectivity index (χ4v) is 3.28. The number of aromatic nitrogens is 1. The minimum Gasteiger partial charge on any atom is -0.496 e. The molecule has 0 aliphatic heterocycles. The van der Waals surface area contributed by atoms with Gasteiger partial charge in [-0.05, 0) is 66.3 Å². The van der Waals surface area contributed by atoms with Gasteiger partial charge >= 0.3 is 0 Å². The van der Waals surface area contributed by atoms with Crippen molar-refractivity contribution in [3.63, 3.8) is 0 Å². The number of aryl methyl sites for hydroxylation is 2. The molecule has 2 heteroatoms. The molecule has 1 heterocycles. The first-order valence-electron chi connectivity index (χ1n) is 8.49. The number of ether oxygens (including phenoxy) is 1. The van der Waals surface area contributed by atoms with Gasteiger partial charge < -0.3 is 9.72 Å². The van der Waals surface area contributed by atoms with Gasteiger partial charge in [0.1, 0.15) is 5.75 Å². The number of benzene rings is 3. The largest absolute Gasteiger partial charge is 0.496 e. The second-order valence-electron chi connectivity index (χ2n) is 6.50. The van der Waals surface area contributed by atoms with Crippen molar-refractivity contribution in [2.75, 3.05) is 7.11 Å². The van der Waals surface area contributed by atoms with E-state index in [0.29, 0.717) is 0 Å². The number of fused-ring (bicyclic) bond motifs is 1. The number of nitrogens with one attached hydrogen (secondary N) is 1. The van der Waals surface area contributed by atoms with E-state index in [1.54, 1.807) is 7.11 Å². The van der Waals surface area contributed by atoms with Crippen LogP contribution in [0.1, 0.15) is 11.1 Å². The van der Waals surface area contributed by atoms with Gasteiger partial charge in [-0.3, -0.25) is 0 Å². The van der Waals surface area contributed by atoms with Gasteiger partial charge in [-0.2, -0.15) is 0 Å². The van der Waals surface area contributed by atoms with E-state index in [1.807, 2.05) is 6.07 Å². The molecule has 4 rings (SSSR count). The molecule has 0 spiro atoms. The van der Waals surface area contributed by atoms with Gasteiger partial charge in [0.2, 0.25) is 0 Å². The zero-order valence-electron chi connectivity index (χ0n) is 14.8.